The third kappa shape index (κ3) is 7.47. The van der Waals surface area contributed by atoms with Crippen molar-refractivity contribution in [3.8, 4) is 0 Å². The maximum absolute atomic E-state index is 13.7. The molecular formula is C33H41BrN4O5. The van der Waals surface area contributed by atoms with E-state index < -0.39 is 11.5 Å². The molecule has 2 saturated heterocycles. The topological polar surface area (TPSA) is 110 Å². The number of hydrogen-bond acceptors (Lipinski definition) is 5. The monoisotopic (exact) mass is 652 g/mol. The van der Waals surface area contributed by atoms with Crippen LogP contribution in [0.5, 0.6) is 0 Å². The lowest BCUT2D eigenvalue weighted by Gasteiger charge is -2.42. The Morgan fingerprint density at radius 1 is 0.977 bits per heavy atom. The molecule has 0 bridgehead atoms. The first-order valence-electron chi connectivity index (χ1n) is 15.4. The molecule has 4 amide bonds. The van der Waals surface area contributed by atoms with Crippen molar-refractivity contribution in [1.29, 1.82) is 0 Å². The average Bonchev–Trinajstić information content (AvgIpc) is 3.93. The Morgan fingerprint density at radius 2 is 1.60 bits per heavy atom. The van der Waals surface area contributed by atoms with E-state index in [2.05, 4.69) is 38.3 Å². The number of carboxylic acids is 1. The predicted molar refractivity (Wildman–Crippen MR) is 166 cm³/mol. The SMILES string of the molecule is CCN1C(=O)N(Cc2ccc(Br)cc2)C(=O)C12CCN(CC[C@H](NC(=O)C1CC1)c1ccccc1)CC2.O=C(O)C1CC1. The number of nitrogens with one attached hydrogen (secondary N) is 1. The number of likely N-dealkylation sites (N-methyl/N-ethyl adjacent to an activating group) is 1. The summed E-state index contributed by atoms with van der Waals surface area (Å²) in [5, 5.41) is 11.3. The number of amides is 4. The van der Waals surface area contributed by atoms with Crippen LogP contribution in [0.2, 0.25) is 0 Å². The molecule has 2 aromatic carbocycles. The fraction of sp³-hybridized carbons (Fsp3) is 0.515. The Balaban J connectivity index is 0.000000548. The number of carbonyl (C=O) groups is 4. The van der Waals surface area contributed by atoms with Gasteiger partial charge in [0, 0.05) is 36.6 Å². The third-order valence-corrected chi connectivity index (χ3v) is 9.53. The van der Waals surface area contributed by atoms with Crippen LogP contribution in [0.1, 0.15) is 69.0 Å². The van der Waals surface area contributed by atoms with E-state index in [0.29, 0.717) is 25.9 Å². The summed E-state index contributed by atoms with van der Waals surface area (Å²) in [5.74, 6) is -0.348. The maximum Gasteiger partial charge on any atom is 0.327 e. The van der Waals surface area contributed by atoms with Gasteiger partial charge in [-0.1, -0.05) is 58.4 Å². The first kappa shape index (κ1) is 31.2. The smallest absolute Gasteiger partial charge is 0.327 e. The first-order valence-corrected chi connectivity index (χ1v) is 16.2. The van der Waals surface area contributed by atoms with Crippen LogP contribution in [-0.2, 0) is 20.9 Å². The first-order chi connectivity index (χ1) is 20.7. The van der Waals surface area contributed by atoms with E-state index in [9.17, 15) is 19.2 Å². The minimum Gasteiger partial charge on any atom is -0.481 e. The Morgan fingerprint density at radius 3 is 2.14 bits per heavy atom. The zero-order chi connectivity index (χ0) is 30.6. The number of imide groups is 1. The molecule has 1 spiro atoms. The summed E-state index contributed by atoms with van der Waals surface area (Å²) in [6.45, 7) is 5.10. The van der Waals surface area contributed by atoms with Crippen molar-refractivity contribution in [3.05, 3.63) is 70.2 Å². The highest BCUT2D eigenvalue weighted by Gasteiger charge is 2.57. The van der Waals surface area contributed by atoms with E-state index in [1.165, 1.54) is 4.90 Å². The van der Waals surface area contributed by atoms with Gasteiger partial charge in [0.15, 0.2) is 0 Å². The molecule has 0 radical (unpaired) electrons. The zero-order valence-corrected chi connectivity index (χ0v) is 26.3. The van der Waals surface area contributed by atoms with Crippen molar-refractivity contribution in [2.45, 2.75) is 70.0 Å². The Kier molecular flexibility index (Phi) is 9.86. The fourth-order valence-electron chi connectivity index (χ4n) is 6.05. The lowest BCUT2D eigenvalue weighted by atomic mass is 9.85. The summed E-state index contributed by atoms with van der Waals surface area (Å²) < 4.78 is 0.968. The second-order valence-electron chi connectivity index (χ2n) is 12.1. The van der Waals surface area contributed by atoms with E-state index in [4.69, 9.17) is 5.11 Å². The van der Waals surface area contributed by atoms with Gasteiger partial charge in [-0.15, -0.1) is 0 Å². The van der Waals surface area contributed by atoms with Gasteiger partial charge in [-0.25, -0.2) is 4.79 Å². The van der Waals surface area contributed by atoms with Crippen molar-refractivity contribution in [2.24, 2.45) is 11.8 Å². The molecule has 230 valence electrons. The van der Waals surface area contributed by atoms with Crippen LogP contribution in [0.15, 0.2) is 59.1 Å². The van der Waals surface area contributed by atoms with Crippen molar-refractivity contribution in [3.63, 3.8) is 0 Å². The molecule has 2 aliphatic carbocycles. The number of benzene rings is 2. The largest absolute Gasteiger partial charge is 0.481 e. The Bertz CT molecular complexity index is 1300. The number of likely N-dealkylation sites (tertiary alicyclic amines) is 1. The summed E-state index contributed by atoms with van der Waals surface area (Å²) in [7, 11) is 0. The molecule has 1 atom stereocenters. The van der Waals surface area contributed by atoms with E-state index >= 15 is 0 Å². The standard InChI is InChI=1S/C29H35BrN4O3.C4H6O2/c1-2-34-28(37)33(20-21-8-12-24(30)13-9-21)27(36)29(34)15-18-32(19-16-29)17-14-25(22-6-4-3-5-7-22)31-26(35)23-10-11-23;5-4(6)3-1-2-3/h3-9,12-13,23,25H,2,10-11,14-20H2,1H3,(H,31,35);3H,1-2H2,(H,5,6)/t25-;/m0./s1. The van der Waals surface area contributed by atoms with Gasteiger partial charge >= 0.3 is 12.0 Å². The van der Waals surface area contributed by atoms with Crippen LogP contribution in [0, 0.1) is 11.8 Å². The summed E-state index contributed by atoms with van der Waals surface area (Å²) in [6.07, 6.45) is 5.85. The van der Waals surface area contributed by atoms with E-state index in [1.54, 1.807) is 4.90 Å². The molecule has 43 heavy (non-hydrogen) atoms. The molecule has 4 aliphatic rings. The number of carboxylic acid groups (broad SMARTS) is 1. The normalized spacial score (nSPS) is 20.5. The van der Waals surface area contributed by atoms with Crippen LogP contribution in [-0.4, -0.2) is 75.3 Å². The quantitative estimate of drug-likeness (QED) is 0.341. The maximum atomic E-state index is 13.7. The molecule has 10 heteroatoms. The van der Waals surface area contributed by atoms with E-state index in [1.807, 2.05) is 49.4 Å². The van der Waals surface area contributed by atoms with Crippen LogP contribution < -0.4 is 5.32 Å². The molecule has 2 aliphatic heterocycles. The van der Waals surface area contributed by atoms with Gasteiger partial charge in [-0.05, 0) is 75.1 Å². The zero-order valence-electron chi connectivity index (χ0n) is 24.7. The van der Waals surface area contributed by atoms with Gasteiger partial charge in [-0.3, -0.25) is 19.3 Å². The number of rotatable bonds is 10. The molecule has 4 fully saturated rings. The average molecular weight is 654 g/mol. The highest BCUT2D eigenvalue weighted by molar-refractivity contribution is 9.10. The Labute approximate surface area is 261 Å². The predicted octanol–water partition coefficient (Wildman–Crippen LogP) is 5.21. The van der Waals surface area contributed by atoms with Crippen molar-refractivity contribution in [2.75, 3.05) is 26.2 Å². The minimum atomic E-state index is -0.753. The minimum absolute atomic E-state index is 0.0185. The molecular weight excluding hydrogens is 612 g/mol. The molecule has 9 nitrogen and oxygen atoms in total. The third-order valence-electron chi connectivity index (χ3n) is 9.00. The van der Waals surface area contributed by atoms with Gasteiger partial charge in [0.2, 0.25) is 5.91 Å². The summed E-state index contributed by atoms with van der Waals surface area (Å²) in [6, 6.07) is 17.7. The number of aliphatic carboxylic acids is 1. The van der Waals surface area contributed by atoms with Crippen molar-refractivity contribution in [1.82, 2.24) is 20.0 Å². The molecule has 2 heterocycles. The van der Waals surface area contributed by atoms with Crippen LogP contribution in [0.3, 0.4) is 0 Å². The van der Waals surface area contributed by atoms with Crippen molar-refractivity contribution < 1.29 is 24.3 Å². The molecule has 2 N–H and O–H groups in total. The summed E-state index contributed by atoms with van der Waals surface area (Å²) in [5.41, 5.74) is 1.31. The van der Waals surface area contributed by atoms with E-state index in [0.717, 1.165) is 67.3 Å². The van der Waals surface area contributed by atoms with E-state index in [-0.39, 0.29) is 35.7 Å². The second kappa shape index (κ2) is 13.6. The van der Waals surface area contributed by atoms with Gasteiger partial charge in [0.05, 0.1) is 18.5 Å². The highest BCUT2D eigenvalue weighted by Crippen LogP contribution is 2.38. The van der Waals surface area contributed by atoms with Crippen LogP contribution in [0.25, 0.3) is 0 Å². The van der Waals surface area contributed by atoms with Gasteiger partial charge in [0.1, 0.15) is 5.54 Å². The second-order valence-corrected chi connectivity index (χ2v) is 13.0. The van der Waals surface area contributed by atoms with Gasteiger partial charge in [0.25, 0.3) is 5.91 Å². The summed E-state index contributed by atoms with van der Waals surface area (Å²) in [4.78, 5) is 54.8. The number of halogens is 1. The number of nitrogens with zero attached hydrogens (tertiary/aromatic N) is 3. The lowest BCUT2D eigenvalue weighted by Crippen LogP contribution is -2.56. The number of urea groups is 1. The number of carbonyl (C=O) groups excluding carboxylic acids is 3. The molecule has 0 unspecified atom stereocenters. The summed E-state index contributed by atoms with van der Waals surface area (Å²) >= 11 is 3.44. The molecule has 2 saturated carbocycles. The Hall–Kier alpha value is -3.24. The van der Waals surface area contributed by atoms with Gasteiger partial charge < -0.3 is 20.2 Å². The van der Waals surface area contributed by atoms with Crippen LogP contribution in [0.4, 0.5) is 4.79 Å². The van der Waals surface area contributed by atoms with Gasteiger partial charge in [-0.2, -0.15) is 0 Å². The fourth-order valence-corrected chi connectivity index (χ4v) is 6.31. The van der Waals surface area contributed by atoms with Crippen LogP contribution >= 0.6 is 15.9 Å². The molecule has 6 rings (SSSR count). The number of hydrogen-bond donors (Lipinski definition) is 2. The lowest BCUT2D eigenvalue weighted by molar-refractivity contribution is -0.138. The van der Waals surface area contributed by atoms with Crippen molar-refractivity contribution >= 4 is 39.7 Å². The molecule has 0 aromatic heterocycles. The number of piperidine rings is 1. The molecule has 2 aromatic rings. The highest BCUT2D eigenvalue weighted by atomic mass is 79.9.